The molecule has 1 unspecified atom stereocenters. The van der Waals surface area contributed by atoms with Crippen molar-refractivity contribution in [1.29, 1.82) is 0 Å². The molecule has 0 bridgehead atoms. The molecule has 1 saturated heterocycles. The molecule has 1 aliphatic rings. The molecule has 0 spiro atoms. The van der Waals surface area contributed by atoms with E-state index in [0.717, 1.165) is 0 Å². The predicted molar refractivity (Wildman–Crippen MR) is 80.3 cm³/mol. The summed E-state index contributed by atoms with van der Waals surface area (Å²) in [4.78, 5) is 13.3. The molecule has 0 aromatic heterocycles. The van der Waals surface area contributed by atoms with Gasteiger partial charge in [-0.05, 0) is 38.1 Å². The lowest BCUT2D eigenvalue weighted by Crippen LogP contribution is -2.36. The van der Waals surface area contributed by atoms with Crippen molar-refractivity contribution in [2.24, 2.45) is 0 Å². The summed E-state index contributed by atoms with van der Waals surface area (Å²) in [6, 6.07) is 6.09. The summed E-state index contributed by atoms with van der Waals surface area (Å²) in [6.45, 7) is 4.18. The van der Waals surface area contributed by atoms with Crippen LogP contribution in [0.2, 0.25) is 0 Å². The van der Waals surface area contributed by atoms with Gasteiger partial charge in [-0.2, -0.15) is 0 Å². The first-order valence-electron chi connectivity index (χ1n) is 6.94. The van der Waals surface area contributed by atoms with E-state index in [1.54, 1.807) is 17.0 Å². The Balaban J connectivity index is 1.97. The van der Waals surface area contributed by atoms with Crippen LogP contribution in [0.4, 0.5) is 4.79 Å². The largest absolute Gasteiger partial charge is 0.497 e. The van der Waals surface area contributed by atoms with Crippen molar-refractivity contribution in [3.05, 3.63) is 24.3 Å². The van der Waals surface area contributed by atoms with E-state index in [4.69, 9.17) is 9.47 Å². The minimum Gasteiger partial charge on any atom is -0.497 e. The van der Waals surface area contributed by atoms with Gasteiger partial charge in [-0.25, -0.2) is 17.9 Å². The van der Waals surface area contributed by atoms with Crippen LogP contribution in [0.5, 0.6) is 5.75 Å². The Hall–Kier alpha value is -1.80. The Kier molecular flexibility index (Phi) is 4.92. The highest BCUT2D eigenvalue weighted by molar-refractivity contribution is 7.89. The summed E-state index contributed by atoms with van der Waals surface area (Å²) < 4.78 is 37.0. The van der Waals surface area contributed by atoms with Crippen LogP contribution in [0.1, 0.15) is 13.8 Å². The fourth-order valence-electron chi connectivity index (χ4n) is 2.11. The molecule has 0 saturated carbocycles. The summed E-state index contributed by atoms with van der Waals surface area (Å²) >= 11 is 0. The van der Waals surface area contributed by atoms with Gasteiger partial charge in [0.1, 0.15) is 11.9 Å². The molecule has 1 aromatic rings. The summed E-state index contributed by atoms with van der Waals surface area (Å²) in [7, 11) is -2.13. The third kappa shape index (κ3) is 3.69. The molecule has 122 valence electrons. The molecular formula is C14H20N2O5S. The van der Waals surface area contributed by atoms with Crippen molar-refractivity contribution in [2.75, 3.05) is 20.2 Å². The zero-order chi connectivity index (χ0) is 16.3. The van der Waals surface area contributed by atoms with Crippen LogP contribution in [0.15, 0.2) is 29.2 Å². The third-order valence-electron chi connectivity index (χ3n) is 3.40. The number of hydrogen-bond donors (Lipinski definition) is 1. The van der Waals surface area contributed by atoms with E-state index in [1.165, 1.54) is 19.2 Å². The molecule has 0 aliphatic carbocycles. The van der Waals surface area contributed by atoms with E-state index >= 15 is 0 Å². The monoisotopic (exact) mass is 328 g/mol. The molecule has 1 aromatic carbocycles. The van der Waals surface area contributed by atoms with Gasteiger partial charge in [0.2, 0.25) is 10.0 Å². The van der Waals surface area contributed by atoms with E-state index in [0.29, 0.717) is 12.3 Å². The molecule has 0 radical (unpaired) electrons. The van der Waals surface area contributed by atoms with Crippen molar-refractivity contribution in [2.45, 2.75) is 30.9 Å². The first-order valence-corrected chi connectivity index (χ1v) is 8.43. The van der Waals surface area contributed by atoms with Gasteiger partial charge in [0.25, 0.3) is 0 Å². The zero-order valence-corrected chi connectivity index (χ0v) is 13.6. The predicted octanol–water partition coefficient (Wildman–Crippen LogP) is 1.20. The number of nitrogens with zero attached hydrogens (tertiary/aromatic N) is 1. The number of carbonyl (C=O) groups is 1. The Morgan fingerprint density at radius 2 is 2.00 bits per heavy atom. The number of benzene rings is 1. The lowest BCUT2D eigenvalue weighted by atomic mass is 10.3. The molecular weight excluding hydrogens is 308 g/mol. The van der Waals surface area contributed by atoms with Gasteiger partial charge in [-0.1, -0.05) is 0 Å². The molecule has 1 fully saturated rings. The molecule has 1 amide bonds. The lowest BCUT2D eigenvalue weighted by molar-refractivity contribution is 0.130. The number of carbonyl (C=O) groups excluding carboxylic acids is 1. The first kappa shape index (κ1) is 16.6. The standard InChI is InChI=1S/C14H20N2O5S/c1-10(2)16-9-12(21-14(16)17)8-15-22(18,19)13-6-4-11(20-3)5-7-13/h4-7,10,12,15H,8-9H2,1-3H3. The second-order valence-electron chi connectivity index (χ2n) is 5.28. The van der Waals surface area contributed by atoms with Gasteiger partial charge in [-0.15, -0.1) is 0 Å². The minimum absolute atomic E-state index is 0.0238. The van der Waals surface area contributed by atoms with E-state index in [-0.39, 0.29) is 17.5 Å². The summed E-state index contributed by atoms with van der Waals surface area (Å²) in [5.74, 6) is 0.580. The molecule has 8 heteroatoms. The van der Waals surface area contributed by atoms with Gasteiger partial charge in [0.15, 0.2) is 0 Å². The maximum Gasteiger partial charge on any atom is 0.410 e. The van der Waals surface area contributed by atoms with Gasteiger partial charge < -0.3 is 14.4 Å². The van der Waals surface area contributed by atoms with Crippen LogP contribution in [-0.4, -0.2) is 51.8 Å². The third-order valence-corrected chi connectivity index (χ3v) is 4.84. The van der Waals surface area contributed by atoms with E-state index < -0.39 is 22.2 Å². The Bertz CT molecular complexity index is 627. The van der Waals surface area contributed by atoms with Crippen molar-refractivity contribution in [1.82, 2.24) is 9.62 Å². The van der Waals surface area contributed by atoms with Gasteiger partial charge in [0, 0.05) is 12.6 Å². The first-order chi connectivity index (χ1) is 10.3. The molecule has 1 heterocycles. The highest BCUT2D eigenvalue weighted by Gasteiger charge is 2.33. The Labute approximate surface area is 130 Å². The summed E-state index contributed by atoms with van der Waals surface area (Å²) in [5, 5.41) is 0. The number of methoxy groups -OCH3 is 1. The van der Waals surface area contributed by atoms with Crippen LogP contribution in [0.3, 0.4) is 0 Å². The number of nitrogens with one attached hydrogen (secondary N) is 1. The SMILES string of the molecule is COc1ccc(S(=O)(=O)NCC2CN(C(C)C)C(=O)O2)cc1. The van der Waals surface area contributed by atoms with Crippen LogP contribution in [0.25, 0.3) is 0 Å². The number of amides is 1. The quantitative estimate of drug-likeness (QED) is 0.848. The number of ether oxygens (including phenoxy) is 2. The average Bonchev–Trinajstić information content (AvgIpc) is 2.87. The fourth-order valence-corrected chi connectivity index (χ4v) is 3.18. The van der Waals surface area contributed by atoms with Crippen LogP contribution in [0, 0.1) is 0 Å². The van der Waals surface area contributed by atoms with E-state index in [1.807, 2.05) is 13.8 Å². The summed E-state index contributed by atoms with van der Waals surface area (Å²) in [6.07, 6.45) is -0.897. The second kappa shape index (κ2) is 6.53. The second-order valence-corrected chi connectivity index (χ2v) is 7.05. The van der Waals surface area contributed by atoms with E-state index in [9.17, 15) is 13.2 Å². The lowest BCUT2D eigenvalue weighted by Gasteiger charge is -2.16. The van der Waals surface area contributed by atoms with Gasteiger partial charge in [0.05, 0.1) is 18.6 Å². The van der Waals surface area contributed by atoms with Crippen LogP contribution in [-0.2, 0) is 14.8 Å². The molecule has 1 atom stereocenters. The van der Waals surface area contributed by atoms with Crippen molar-refractivity contribution < 1.29 is 22.7 Å². The van der Waals surface area contributed by atoms with Crippen molar-refractivity contribution in [3.63, 3.8) is 0 Å². The smallest absolute Gasteiger partial charge is 0.410 e. The Morgan fingerprint density at radius 1 is 1.36 bits per heavy atom. The minimum atomic E-state index is -3.64. The van der Waals surface area contributed by atoms with E-state index in [2.05, 4.69) is 4.72 Å². The molecule has 22 heavy (non-hydrogen) atoms. The molecule has 7 nitrogen and oxygen atoms in total. The van der Waals surface area contributed by atoms with Crippen molar-refractivity contribution >= 4 is 16.1 Å². The number of cyclic esters (lactones) is 1. The fraction of sp³-hybridized carbons (Fsp3) is 0.500. The highest BCUT2D eigenvalue weighted by Crippen LogP contribution is 2.17. The number of sulfonamides is 1. The van der Waals surface area contributed by atoms with Crippen LogP contribution >= 0.6 is 0 Å². The maximum absolute atomic E-state index is 12.2. The zero-order valence-electron chi connectivity index (χ0n) is 12.8. The highest BCUT2D eigenvalue weighted by atomic mass is 32.2. The average molecular weight is 328 g/mol. The molecule has 1 N–H and O–H groups in total. The van der Waals surface area contributed by atoms with Gasteiger partial charge >= 0.3 is 6.09 Å². The number of hydrogen-bond acceptors (Lipinski definition) is 5. The Morgan fingerprint density at radius 3 is 2.50 bits per heavy atom. The summed E-state index contributed by atoms with van der Waals surface area (Å²) in [5.41, 5.74) is 0. The molecule has 1 aliphatic heterocycles. The van der Waals surface area contributed by atoms with Crippen LogP contribution < -0.4 is 9.46 Å². The van der Waals surface area contributed by atoms with Gasteiger partial charge in [-0.3, -0.25) is 0 Å². The number of rotatable bonds is 6. The van der Waals surface area contributed by atoms with Crippen molar-refractivity contribution in [3.8, 4) is 5.75 Å². The molecule has 2 rings (SSSR count). The maximum atomic E-state index is 12.2. The normalized spacial score (nSPS) is 18.6. The topological polar surface area (TPSA) is 84.9 Å².